The first-order valence-corrected chi connectivity index (χ1v) is 6.78. The lowest BCUT2D eigenvalue weighted by Gasteiger charge is -2.45. The predicted molar refractivity (Wildman–Crippen MR) is 72.0 cm³/mol. The third kappa shape index (κ3) is 2.13. The molecule has 0 radical (unpaired) electrons. The second kappa shape index (κ2) is 5.03. The maximum Gasteiger partial charge on any atom is 0.256 e. The van der Waals surface area contributed by atoms with Gasteiger partial charge in [0.05, 0.1) is 19.3 Å². The van der Waals surface area contributed by atoms with Gasteiger partial charge in [-0.15, -0.1) is 0 Å². The number of rotatable bonds is 2. The van der Waals surface area contributed by atoms with Gasteiger partial charge in [0.25, 0.3) is 12.3 Å². The van der Waals surface area contributed by atoms with Gasteiger partial charge >= 0.3 is 0 Å². The van der Waals surface area contributed by atoms with Crippen molar-refractivity contribution in [1.29, 1.82) is 0 Å². The van der Waals surface area contributed by atoms with Crippen LogP contribution in [0.2, 0.25) is 5.28 Å². The molecule has 9 heteroatoms. The minimum atomic E-state index is -2.65. The van der Waals surface area contributed by atoms with Gasteiger partial charge in [-0.25, -0.2) is 13.8 Å². The Hall–Kier alpha value is -1.54. The first kappa shape index (κ1) is 14.4. The normalized spacial score (nSPS) is 25.1. The van der Waals surface area contributed by atoms with Crippen molar-refractivity contribution >= 4 is 29.0 Å². The molecule has 1 amide bonds. The molecule has 1 saturated heterocycles. The van der Waals surface area contributed by atoms with Crippen LogP contribution in [0.15, 0.2) is 6.20 Å². The van der Waals surface area contributed by atoms with Gasteiger partial charge in [-0.3, -0.25) is 9.69 Å². The van der Waals surface area contributed by atoms with Gasteiger partial charge in [0.15, 0.2) is 5.82 Å². The Morgan fingerprint density at radius 3 is 2.95 bits per heavy atom. The molecule has 0 aliphatic carbocycles. The Balaban J connectivity index is 2.13. The molecule has 1 atom stereocenters. The van der Waals surface area contributed by atoms with Crippen LogP contribution in [0, 0.1) is 0 Å². The fraction of sp³-hybridized carbons (Fsp3) is 0.583. The van der Waals surface area contributed by atoms with Crippen molar-refractivity contribution in [3.8, 4) is 0 Å². The van der Waals surface area contributed by atoms with E-state index in [2.05, 4.69) is 9.97 Å². The van der Waals surface area contributed by atoms with E-state index in [-0.39, 0.29) is 17.6 Å². The summed E-state index contributed by atoms with van der Waals surface area (Å²) in [4.78, 5) is 23.3. The Morgan fingerprint density at radius 2 is 2.33 bits per heavy atom. The Labute approximate surface area is 124 Å². The molecular weight excluding hydrogens is 306 g/mol. The van der Waals surface area contributed by atoms with E-state index < -0.39 is 24.4 Å². The highest BCUT2D eigenvalue weighted by atomic mass is 35.5. The van der Waals surface area contributed by atoms with Crippen molar-refractivity contribution in [2.75, 3.05) is 36.6 Å². The summed E-state index contributed by atoms with van der Waals surface area (Å²) in [5.74, 6) is -0.0537. The topological polar surface area (TPSA) is 58.6 Å². The lowest BCUT2D eigenvalue weighted by molar-refractivity contribution is -0.124. The number of alkyl halides is 2. The molecule has 3 heterocycles. The molecule has 2 aliphatic heterocycles. The monoisotopic (exact) mass is 318 g/mol. The number of aromatic nitrogens is 2. The number of hydrogen-bond acceptors (Lipinski definition) is 5. The molecule has 21 heavy (non-hydrogen) atoms. The average molecular weight is 319 g/mol. The van der Waals surface area contributed by atoms with Crippen molar-refractivity contribution in [3.05, 3.63) is 11.5 Å². The number of nitrogens with zero attached hydrogens (tertiary/aromatic N) is 4. The largest absolute Gasteiger partial charge is 0.378 e. The van der Waals surface area contributed by atoms with E-state index in [9.17, 15) is 13.6 Å². The van der Waals surface area contributed by atoms with Gasteiger partial charge in [0.1, 0.15) is 11.2 Å². The number of ether oxygens (including phenoxy) is 1. The van der Waals surface area contributed by atoms with E-state index in [0.29, 0.717) is 18.8 Å². The van der Waals surface area contributed by atoms with Crippen LogP contribution in [0.5, 0.6) is 0 Å². The summed E-state index contributed by atoms with van der Waals surface area (Å²) in [7, 11) is 1.69. The first-order valence-electron chi connectivity index (χ1n) is 6.40. The molecule has 3 rings (SSSR count). The highest BCUT2D eigenvalue weighted by molar-refractivity contribution is 6.28. The van der Waals surface area contributed by atoms with Crippen molar-refractivity contribution in [2.24, 2.45) is 0 Å². The molecule has 6 nitrogen and oxygen atoms in total. The molecule has 1 spiro atoms. The number of hydrogen-bond donors (Lipinski definition) is 0. The number of amides is 1. The molecule has 114 valence electrons. The lowest BCUT2D eigenvalue weighted by Crippen LogP contribution is -2.63. The molecule has 2 aliphatic rings. The molecule has 1 aromatic heterocycles. The minimum absolute atomic E-state index is 0.000936. The zero-order chi connectivity index (χ0) is 15.2. The van der Waals surface area contributed by atoms with Crippen molar-refractivity contribution in [3.63, 3.8) is 0 Å². The third-order valence-corrected chi connectivity index (χ3v) is 4.12. The van der Waals surface area contributed by atoms with Gasteiger partial charge in [-0.1, -0.05) is 0 Å². The Bertz CT molecular complexity index is 580. The zero-order valence-corrected chi connectivity index (χ0v) is 12.0. The number of anilines is 2. The van der Waals surface area contributed by atoms with Crippen LogP contribution in [0.3, 0.4) is 0 Å². The fourth-order valence-corrected chi connectivity index (χ4v) is 2.93. The summed E-state index contributed by atoms with van der Waals surface area (Å²) in [6.45, 7) is -0.164. The fourth-order valence-electron chi connectivity index (χ4n) is 2.80. The number of fused-ring (bicyclic) bond motifs is 1. The molecule has 1 aromatic rings. The van der Waals surface area contributed by atoms with Gasteiger partial charge in [0, 0.05) is 20.1 Å². The van der Waals surface area contributed by atoms with Crippen LogP contribution in [0.1, 0.15) is 6.42 Å². The summed E-state index contributed by atoms with van der Waals surface area (Å²) < 4.78 is 31.0. The summed E-state index contributed by atoms with van der Waals surface area (Å²) in [6, 6.07) is 0. The molecule has 0 saturated carbocycles. The van der Waals surface area contributed by atoms with E-state index in [1.807, 2.05) is 0 Å². The van der Waals surface area contributed by atoms with E-state index in [0.717, 1.165) is 4.90 Å². The zero-order valence-electron chi connectivity index (χ0n) is 11.2. The van der Waals surface area contributed by atoms with E-state index >= 15 is 0 Å². The Kier molecular flexibility index (Phi) is 3.45. The molecular formula is C12H13ClF2N4O2. The second-order valence-electron chi connectivity index (χ2n) is 5.05. The third-order valence-electron chi connectivity index (χ3n) is 3.94. The van der Waals surface area contributed by atoms with Crippen LogP contribution >= 0.6 is 11.6 Å². The average Bonchev–Trinajstić information content (AvgIpc) is 2.92. The summed E-state index contributed by atoms with van der Waals surface area (Å²) in [5.41, 5.74) is -0.760. The number of halogens is 3. The minimum Gasteiger partial charge on any atom is -0.378 e. The predicted octanol–water partition coefficient (Wildman–Crippen LogP) is 1.34. The van der Waals surface area contributed by atoms with Crippen molar-refractivity contribution in [2.45, 2.75) is 18.4 Å². The van der Waals surface area contributed by atoms with E-state index in [4.69, 9.17) is 16.3 Å². The second-order valence-corrected chi connectivity index (χ2v) is 5.39. The number of carbonyl (C=O) groups is 1. The van der Waals surface area contributed by atoms with E-state index in [1.54, 1.807) is 11.9 Å². The molecule has 0 aromatic carbocycles. The Morgan fingerprint density at radius 1 is 1.57 bits per heavy atom. The van der Waals surface area contributed by atoms with Crippen molar-refractivity contribution in [1.82, 2.24) is 9.97 Å². The van der Waals surface area contributed by atoms with Gasteiger partial charge in [-0.2, -0.15) is 4.98 Å². The van der Waals surface area contributed by atoms with Crippen LogP contribution in [0.4, 0.5) is 20.3 Å². The van der Waals surface area contributed by atoms with Crippen LogP contribution in [-0.2, 0) is 9.53 Å². The SMILES string of the molecule is CN1c2nc(Cl)ncc2N(CC(F)F)C(=O)C12CCOC2. The summed E-state index contributed by atoms with van der Waals surface area (Å²) in [6.07, 6.45) is -0.937. The molecule has 0 N–H and O–H groups in total. The van der Waals surface area contributed by atoms with Crippen LogP contribution in [0.25, 0.3) is 0 Å². The maximum atomic E-state index is 12.8. The van der Waals surface area contributed by atoms with Gasteiger partial charge < -0.3 is 9.64 Å². The van der Waals surface area contributed by atoms with Crippen molar-refractivity contribution < 1.29 is 18.3 Å². The molecule has 1 unspecified atom stereocenters. The van der Waals surface area contributed by atoms with E-state index in [1.165, 1.54) is 6.20 Å². The standard InChI is InChI=1S/C12H13ClF2N4O2/c1-18-9-7(4-16-11(13)17-9)19(5-8(14)15)10(20)12(18)2-3-21-6-12/h4,8H,2-3,5-6H2,1H3. The quantitative estimate of drug-likeness (QED) is 0.770. The smallest absolute Gasteiger partial charge is 0.256 e. The van der Waals surface area contributed by atoms with Crippen LogP contribution in [-0.4, -0.2) is 54.6 Å². The maximum absolute atomic E-state index is 12.8. The van der Waals surface area contributed by atoms with Gasteiger partial charge in [0.2, 0.25) is 5.28 Å². The number of carbonyl (C=O) groups excluding carboxylic acids is 1. The first-order chi connectivity index (χ1) is 9.95. The molecule has 1 fully saturated rings. The highest BCUT2D eigenvalue weighted by Crippen LogP contribution is 2.42. The summed E-state index contributed by atoms with van der Waals surface area (Å²) >= 11 is 5.80. The number of likely N-dealkylation sites (N-methyl/N-ethyl adjacent to an activating group) is 1. The molecule has 0 bridgehead atoms. The lowest BCUT2D eigenvalue weighted by atomic mass is 9.92. The highest BCUT2D eigenvalue weighted by Gasteiger charge is 2.53. The summed E-state index contributed by atoms with van der Waals surface area (Å²) in [5, 5.41) is 0.000936. The van der Waals surface area contributed by atoms with Gasteiger partial charge in [-0.05, 0) is 11.6 Å². The van der Waals surface area contributed by atoms with Crippen LogP contribution < -0.4 is 9.80 Å².